The molecule has 5 heteroatoms. The second-order valence-corrected chi connectivity index (χ2v) is 6.22. The van der Waals surface area contributed by atoms with Crippen LogP contribution in [-0.2, 0) is 19.1 Å². The number of allylic oxidation sites excluding steroid dienone is 5. The van der Waals surface area contributed by atoms with Crippen LogP contribution in [-0.4, -0.2) is 43.8 Å². The molecule has 2 atom stereocenters. The maximum absolute atomic E-state index is 12.0. The molecule has 144 valence electrons. The lowest BCUT2D eigenvalue weighted by atomic mass is 9.96. The maximum atomic E-state index is 12.0. The first-order valence-electron chi connectivity index (χ1n) is 9.04. The Balaban J connectivity index is 2.39. The second kappa shape index (κ2) is 13.3. The van der Waals surface area contributed by atoms with Crippen LogP contribution in [0.15, 0.2) is 48.1 Å². The molecule has 1 aliphatic carbocycles. The molecule has 0 fully saturated rings. The fourth-order valence-corrected chi connectivity index (χ4v) is 2.65. The van der Waals surface area contributed by atoms with Gasteiger partial charge in [0.05, 0.1) is 19.8 Å². The molecule has 0 bridgehead atoms. The van der Waals surface area contributed by atoms with Crippen molar-refractivity contribution in [2.45, 2.75) is 44.6 Å². The molecule has 1 aliphatic rings. The van der Waals surface area contributed by atoms with Crippen LogP contribution in [0.2, 0.25) is 0 Å². The monoisotopic (exact) mass is 362 g/mol. The normalized spacial score (nSPS) is 19.9. The molecule has 0 aromatic rings. The van der Waals surface area contributed by atoms with Crippen molar-refractivity contribution in [2.24, 2.45) is 5.92 Å². The summed E-state index contributed by atoms with van der Waals surface area (Å²) in [5, 5.41) is 10.00. The molecule has 0 heterocycles. The van der Waals surface area contributed by atoms with Crippen LogP contribution in [0, 0.1) is 5.92 Å². The van der Waals surface area contributed by atoms with Crippen LogP contribution in [0.1, 0.15) is 38.5 Å². The Morgan fingerprint density at radius 1 is 1.23 bits per heavy atom. The van der Waals surface area contributed by atoms with Crippen LogP contribution in [0.4, 0.5) is 0 Å². The van der Waals surface area contributed by atoms with E-state index < -0.39 is 6.10 Å². The Kier molecular flexibility index (Phi) is 11.2. The smallest absolute Gasteiger partial charge is 0.305 e. The van der Waals surface area contributed by atoms with Crippen LogP contribution >= 0.6 is 0 Å². The Hall–Kier alpha value is -1.98. The minimum atomic E-state index is -0.501. The first-order chi connectivity index (χ1) is 12.6. The maximum Gasteiger partial charge on any atom is 0.305 e. The van der Waals surface area contributed by atoms with Crippen molar-refractivity contribution >= 4 is 11.8 Å². The van der Waals surface area contributed by atoms with Gasteiger partial charge in [0.2, 0.25) is 0 Å². The van der Waals surface area contributed by atoms with E-state index in [0.29, 0.717) is 25.9 Å². The van der Waals surface area contributed by atoms with Gasteiger partial charge in [-0.05, 0) is 38.2 Å². The summed E-state index contributed by atoms with van der Waals surface area (Å²) in [6.07, 6.45) is 16.4. The number of rotatable bonds is 12. The molecule has 5 nitrogen and oxygen atoms in total. The number of ether oxygens (including phenoxy) is 2. The highest BCUT2D eigenvalue weighted by atomic mass is 16.5. The number of aliphatic hydroxyl groups excluding tert-OH is 1. The minimum Gasteiger partial charge on any atom is -0.469 e. The Bertz CT molecular complexity index is 557. The molecular formula is C21H30O5. The van der Waals surface area contributed by atoms with Gasteiger partial charge in [-0.15, -0.1) is 0 Å². The van der Waals surface area contributed by atoms with Crippen LogP contribution in [0.25, 0.3) is 0 Å². The van der Waals surface area contributed by atoms with E-state index in [0.717, 1.165) is 24.8 Å². The highest BCUT2D eigenvalue weighted by Crippen LogP contribution is 2.26. The van der Waals surface area contributed by atoms with E-state index in [9.17, 15) is 14.7 Å². The number of aliphatic hydroxyl groups is 1. The fourth-order valence-electron chi connectivity index (χ4n) is 2.65. The number of esters is 1. The van der Waals surface area contributed by atoms with E-state index in [1.165, 1.54) is 7.11 Å². The fraction of sp³-hybridized carbons (Fsp3) is 0.524. The average molecular weight is 362 g/mol. The number of carbonyl (C=O) groups is 2. The van der Waals surface area contributed by atoms with Crippen molar-refractivity contribution in [3.8, 4) is 0 Å². The van der Waals surface area contributed by atoms with Gasteiger partial charge in [-0.1, -0.05) is 36.5 Å². The third kappa shape index (κ3) is 8.92. The molecule has 0 amide bonds. The molecule has 1 rings (SSSR count). The summed E-state index contributed by atoms with van der Waals surface area (Å²) >= 11 is 0. The largest absolute Gasteiger partial charge is 0.469 e. The first kappa shape index (κ1) is 22.1. The molecule has 1 N–H and O–H groups in total. The summed E-state index contributed by atoms with van der Waals surface area (Å²) < 4.78 is 9.51. The molecule has 0 saturated carbocycles. The SMILES string of the molecule is COC/C=C\C[C@H](O)C/C=C1/C(=O)C=C[C@@H]1C/C=C\CCCC(=O)OC. The molecule has 0 unspecified atom stereocenters. The molecular weight excluding hydrogens is 332 g/mol. The zero-order valence-corrected chi connectivity index (χ0v) is 15.7. The van der Waals surface area contributed by atoms with Crippen LogP contribution in [0.3, 0.4) is 0 Å². The van der Waals surface area contributed by atoms with Gasteiger partial charge in [0.15, 0.2) is 5.78 Å². The molecule has 0 saturated heterocycles. The Labute approximate surface area is 156 Å². The predicted octanol–water partition coefficient (Wildman–Crippen LogP) is 3.30. The summed E-state index contributed by atoms with van der Waals surface area (Å²) in [6, 6.07) is 0. The molecule has 0 spiro atoms. The van der Waals surface area contributed by atoms with Gasteiger partial charge in [0.25, 0.3) is 0 Å². The number of methoxy groups -OCH3 is 2. The van der Waals surface area contributed by atoms with E-state index in [-0.39, 0.29) is 17.7 Å². The number of ketones is 1. The highest BCUT2D eigenvalue weighted by molar-refractivity contribution is 6.07. The molecule has 0 aromatic heterocycles. The molecule has 0 aliphatic heterocycles. The van der Waals surface area contributed by atoms with Crippen molar-refractivity contribution in [3.05, 3.63) is 48.1 Å². The number of carbonyl (C=O) groups excluding carboxylic acids is 2. The number of unbranched alkanes of at least 4 members (excludes halogenated alkanes) is 1. The van der Waals surface area contributed by atoms with Gasteiger partial charge in [0, 0.05) is 25.0 Å². The van der Waals surface area contributed by atoms with E-state index in [1.807, 2.05) is 36.5 Å². The second-order valence-electron chi connectivity index (χ2n) is 6.22. The number of hydrogen-bond donors (Lipinski definition) is 1. The Morgan fingerprint density at radius 3 is 2.77 bits per heavy atom. The molecule has 0 radical (unpaired) electrons. The zero-order valence-electron chi connectivity index (χ0n) is 15.7. The van der Waals surface area contributed by atoms with Gasteiger partial charge in [-0.25, -0.2) is 0 Å². The predicted molar refractivity (Wildman–Crippen MR) is 102 cm³/mol. The third-order valence-corrected chi connectivity index (χ3v) is 4.15. The van der Waals surface area contributed by atoms with Crippen LogP contribution < -0.4 is 0 Å². The quantitative estimate of drug-likeness (QED) is 0.250. The highest BCUT2D eigenvalue weighted by Gasteiger charge is 2.21. The number of hydrogen-bond acceptors (Lipinski definition) is 5. The lowest BCUT2D eigenvalue weighted by molar-refractivity contribution is -0.140. The summed E-state index contributed by atoms with van der Waals surface area (Å²) in [6.45, 7) is 0.532. The summed E-state index contributed by atoms with van der Waals surface area (Å²) in [4.78, 5) is 23.0. The van der Waals surface area contributed by atoms with Gasteiger partial charge in [0.1, 0.15) is 0 Å². The van der Waals surface area contributed by atoms with Crippen molar-refractivity contribution in [1.29, 1.82) is 0 Å². The van der Waals surface area contributed by atoms with E-state index in [1.54, 1.807) is 13.2 Å². The van der Waals surface area contributed by atoms with E-state index >= 15 is 0 Å². The molecule has 0 aromatic carbocycles. The third-order valence-electron chi connectivity index (χ3n) is 4.15. The van der Waals surface area contributed by atoms with Crippen molar-refractivity contribution < 1.29 is 24.2 Å². The topological polar surface area (TPSA) is 72.8 Å². The van der Waals surface area contributed by atoms with Crippen LogP contribution in [0.5, 0.6) is 0 Å². The summed E-state index contributed by atoms with van der Waals surface area (Å²) in [5.41, 5.74) is 0.754. The van der Waals surface area contributed by atoms with Gasteiger partial charge in [-0.2, -0.15) is 0 Å². The van der Waals surface area contributed by atoms with Gasteiger partial charge in [-0.3, -0.25) is 9.59 Å². The average Bonchev–Trinajstić information content (AvgIpc) is 2.99. The van der Waals surface area contributed by atoms with Crippen molar-refractivity contribution in [3.63, 3.8) is 0 Å². The van der Waals surface area contributed by atoms with Crippen molar-refractivity contribution in [2.75, 3.05) is 20.8 Å². The van der Waals surface area contributed by atoms with Gasteiger partial charge >= 0.3 is 5.97 Å². The lowest BCUT2D eigenvalue weighted by Gasteiger charge is -2.10. The van der Waals surface area contributed by atoms with E-state index in [4.69, 9.17) is 4.74 Å². The van der Waals surface area contributed by atoms with Gasteiger partial charge < -0.3 is 14.6 Å². The Morgan fingerprint density at radius 2 is 2.04 bits per heavy atom. The summed E-state index contributed by atoms with van der Waals surface area (Å²) in [7, 11) is 3.01. The minimum absolute atomic E-state index is 0.0243. The lowest BCUT2D eigenvalue weighted by Crippen LogP contribution is -2.07. The summed E-state index contributed by atoms with van der Waals surface area (Å²) in [5.74, 6) is -0.102. The van der Waals surface area contributed by atoms with Crippen molar-refractivity contribution in [1.82, 2.24) is 0 Å². The molecule has 26 heavy (non-hydrogen) atoms. The first-order valence-corrected chi connectivity index (χ1v) is 9.04. The van der Waals surface area contributed by atoms with E-state index in [2.05, 4.69) is 4.74 Å². The standard InChI is InChI=1S/C21H30O5/c1-25-16-8-7-10-18(22)13-14-19-17(12-15-20(19)23)9-5-3-4-6-11-21(24)26-2/h3,5,7-8,12,14-15,17-18,22H,4,6,9-11,13,16H2,1-2H3/b5-3-,8-7-,19-14+/t17-,18-/m0/s1. The zero-order chi connectivity index (χ0) is 19.2.